The zero-order valence-electron chi connectivity index (χ0n) is 8.77. The van der Waals surface area contributed by atoms with Gasteiger partial charge in [-0.15, -0.1) is 0 Å². The van der Waals surface area contributed by atoms with Crippen molar-refractivity contribution in [3.8, 4) is 0 Å². The molecule has 0 unspecified atom stereocenters. The average molecular weight is 187 g/mol. The number of benzene rings is 1. The number of fused-ring (bicyclic) bond motifs is 1. The van der Waals surface area contributed by atoms with E-state index in [4.69, 9.17) is 0 Å². The molecular weight excluding hydrogens is 170 g/mol. The third kappa shape index (κ3) is 1.27. The second-order valence-corrected chi connectivity index (χ2v) is 4.97. The Balaban J connectivity index is 1.93. The summed E-state index contributed by atoms with van der Waals surface area (Å²) in [4.78, 5) is 0. The first kappa shape index (κ1) is 8.49. The summed E-state index contributed by atoms with van der Waals surface area (Å²) in [6.45, 7) is 4.76. The lowest BCUT2D eigenvalue weighted by molar-refractivity contribution is 0.335. The standard InChI is InChI=1S/C13H17N/c1-13(4-6-14-7-5-13)12-3-2-10-8-11(10)9-12/h2-3,9,14H,4-8H2,1H3. The van der Waals surface area contributed by atoms with Crippen LogP contribution in [-0.4, -0.2) is 13.1 Å². The number of hydrogen-bond acceptors (Lipinski definition) is 1. The molecule has 2 aliphatic rings. The number of hydrogen-bond donors (Lipinski definition) is 1. The van der Waals surface area contributed by atoms with Crippen LogP contribution >= 0.6 is 0 Å². The highest BCUT2D eigenvalue weighted by Crippen LogP contribution is 2.37. The summed E-state index contributed by atoms with van der Waals surface area (Å²) in [7, 11) is 0. The summed E-state index contributed by atoms with van der Waals surface area (Å²) in [5, 5.41) is 3.44. The molecule has 14 heavy (non-hydrogen) atoms. The van der Waals surface area contributed by atoms with Gasteiger partial charge in [-0.2, -0.15) is 0 Å². The van der Waals surface area contributed by atoms with Crippen LogP contribution < -0.4 is 5.32 Å². The lowest BCUT2D eigenvalue weighted by Gasteiger charge is -2.34. The normalized spacial score (nSPS) is 22.9. The molecule has 0 spiro atoms. The van der Waals surface area contributed by atoms with Crippen molar-refractivity contribution in [2.24, 2.45) is 0 Å². The van der Waals surface area contributed by atoms with Crippen LogP contribution in [0.2, 0.25) is 0 Å². The Bertz CT molecular complexity index is 361. The van der Waals surface area contributed by atoms with Crippen molar-refractivity contribution in [2.45, 2.75) is 31.6 Å². The Labute approximate surface area is 85.5 Å². The van der Waals surface area contributed by atoms with Crippen LogP contribution in [0, 0.1) is 0 Å². The van der Waals surface area contributed by atoms with Gasteiger partial charge in [0, 0.05) is 0 Å². The first-order valence-corrected chi connectivity index (χ1v) is 5.61. The maximum absolute atomic E-state index is 3.44. The van der Waals surface area contributed by atoms with E-state index < -0.39 is 0 Å². The van der Waals surface area contributed by atoms with Crippen molar-refractivity contribution in [3.05, 3.63) is 34.9 Å². The van der Waals surface area contributed by atoms with Crippen molar-refractivity contribution in [1.82, 2.24) is 5.32 Å². The molecule has 0 amide bonds. The van der Waals surface area contributed by atoms with Crippen LogP contribution in [0.1, 0.15) is 36.5 Å². The highest BCUT2D eigenvalue weighted by molar-refractivity contribution is 5.48. The highest BCUT2D eigenvalue weighted by atomic mass is 14.9. The Morgan fingerprint density at radius 2 is 1.93 bits per heavy atom. The predicted octanol–water partition coefficient (Wildman–Crippen LogP) is 2.23. The summed E-state index contributed by atoms with van der Waals surface area (Å²) in [6.07, 6.45) is 3.81. The third-order valence-electron chi connectivity index (χ3n) is 3.87. The number of piperidine rings is 1. The molecule has 1 aliphatic heterocycles. The Hall–Kier alpha value is -0.820. The van der Waals surface area contributed by atoms with Crippen LogP contribution in [0.15, 0.2) is 18.2 Å². The second-order valence-electron chi connectivity index (χ2n) is 4.97. The minimum atomic E-state index is 0.433. The van der Waals surface area contributed by atoms with Crippen molar-refractivity contribution < 1.29 is 0 Å². The zero-order chi connectivity index (χ0) is 9.60. The quantitative estimate of drug-likeness (QED) is 0.722. The summed E-state index contributed by atoms with van der Waals surface area (Å²) < 4.78 is 0. The second kappa shape index (κ2) is 2.83. The fourth-order valence-electron chi connectivity index (χ4n) is 2.54. The van der Waals surface area contributed by atoms with E-state index in [0.29, 0.717) is 5.41 Å². The third-order valence-corrected chi connectivity index (χ3v) is 3.87. The molecule has 1 aromatic rings. The van der Waals surface area contributed by atoms with Crippen molar-refractivity contribution >= 4 is 0 Å². The van der Waals surface area contributed by atoms with Gasteiger partial charge in [0.15, 0.2) is 0 Å². The van der Waals surface area contributed by atoms with E-state index in [-0.39, 0.29) is 0 Å². The summed E-state index contributed by atoms with van der Waals surface area (Å²) in [5.41, 5.74) is 5.15. The summed E-state index contributed by atoms with van der Waals surface area (Å²) in [6, 6.07) is 7.09. The maximum atomic E-state index is 3.44. The molecule has 0 radical (unpaired) electrons. The lowest BCUT2D eigenvalue weighted by Crippen LogP contribution is -2.37. The van der Waals surface area contributed by atoms with Crippen LogP contribution in [0.4, 0.5) is 0 Å². The van der Waals surface area contributed by atoms with E-state index in [1.165, 1.54) is 32.4 Å². The highest BCUT2D eigenvalue weighted by Gasteiger charge is 2.30. The van der Waals surface area contributed by atoms with Crippen LogP contribution in [0.5, 0.6) is 0 Å². The largest absolute Gasteiger partial charge is 0.317 e. The molecule has 1 saturated heterocycles. The van der Waals surface area contributed by atoms with Gasteiger partial charge in [-0.3, -0.25) is 0 Å². The zero-order valence-corrected chi connectivity index (χ0v) is 8.77. The van der Waals surface area contributed by atoms with Gasteiger partial charge in [0.05, 0.1) is 0 Å². The lowest BCUT2D eigenvalue weighted by atomic mass is 9.75. The van der Waals surface area contributed by atoms with Gasteiger partial charge in [-0.25, -0.2) is 0 Å². The average Bonchev–Trinajstić information content (AvgIpc) is 2.96. The van der Waals surface area contributed by atoms with Crippen molar-refractivity contribution in [1.29, 1.82) is 0 Å². The Morgan fingerprint density at radius 3 is 2.64 bits per heavy atom. The molecule has 1 heterocycles. The molecule has 1 aliphatic carbocycles. The van der Waals surface area contributed by atoms with Gasteiger partial charge < -0.3 is 5.32 Å². The van der Waals surface area contributed by atoms with Gasteiger partial charge in [-0.1, -0.05) is 25.1 Å². The maximum Gasteiger partial charge on any atom is -0.00200 e. The van der Waals surface area contributed by atoms with Crippen LogP contribution in [0.3, 0.4) is 0 Å². The van der Waals surface area contributed by atoms with Gasteiger partial charge in [0.2, 0.25) is 0 Å². The summed E-state index contributed by atoms with van der Waals surface area (Å²) in [5.74, 6) is 0. The fourth-order valence-corrected chi connectivity index (χ4v) is 2.54. The van der Waals surface area contributed by atoms with Crippen molar-refractivity contribution in [3.63, 3.8) is 0 Å². The van der Waals surface area contributed by atoms with E-state index in [1.807, 2.05) is 0 Å². The Morgan fingerprint density at radius 1 is 1.14 bits per heavy atom. The molecule has 1 heteroatoms. The molecule has 0 aromatic heterocycles. The Kier molecular flexibility index (Phi) is 1.72. The van der Waals surface area contributed by atoms with E-state index in [2.05, 4.69) is 30.4 Å². The van der Waals surface area contributed by atoms with Gasteiger partial charge >= 0.3 is 0 Å². The monoisotopic (exact) mass is 187 g/mol. The number of rotatable bonds is 1. The van der Waals surface area contributed by atoms with Gasteiger partial charge in [0.1, 0.15) is 0 Å². The van der Waals surface area contributed by atoms with Crippen LogP contribution in [-0.2, 0) is 11.8 Å². The molecule has 3 rings (SSSR count). The minimum Gasteiger partial charge on any atom is -0.317 e. The SMILES string of the molecule is CC1(c2ccc3c(c2)C3)CCNCC1. The molecule has 0 saturated carbocycles. The molecule has 74 valence electrons. The van der Waals surface area contributed by atoms with Crippen molar-refractivity contribution in [2.75, 3.05) is 13.1 Å². The number of nitrogens with one attached hydrogen (secondary N) is 1. The molecule has 0 bridgehead atoms. The molecule has 1 aromatic carbocycles. The first-order valence-electron chi connectivity index (χ1n) is 5.61. The van der Waals surface area contributed by atoms with Gasteiger partial charge in [-0.05, 0) is 54.5 Å². The van der Waals surface area contributed by atoms with E-state index in [1.54, 1.807) is 16.7 Å². The molecule has 0 atom stereocenters. The molecule has 1 nitrogen and oxygen atoms in total. The van der Waals surface area contributed by atoms with Crippen LogP contribution in [0.25, 0.3) is 0 Å². The van der Waals surface area contributed by atoms with E-state index in [9.17, 15) is 0 Å². The fraction of sp³-hybridized carbons (Fsp3) is 0.538. The molecular formula is C13H17N. The van der Waals surface area contributed by atoms with Gasteiger partial charge in [0.25, 0.3) is 0 Å². The topological polar surface area (TPSA) is 12.0 Å². The smallest absolute Gasteiger partial charge is 0.00200 e. The summed E-state index contributed by atoms with van der Waals surface area (Å²) >= 11 is 0. The minimum absolute atomic E-state index is 0.433. The molecule has 1 fully saturated rings. The first-order chi connectivity index (χ1) is 6.78. The molecule has 1 N–H and O–H groups in total. The van der Waals surface area contributed by atoms with E-state index in [0.717, 1.165) is 0 Å². The van der Waals surface area contributed by atoms with E-state index >= 15 is 0 Å². The predicted molar refractivity (Wildman–Crippen MR) is 58.7 cm³/mol.